The molecule has 2 aromatic rings. The van der Waals surface area contributed by atoms with Crippen molar-refractivity contribution in [1.82, 2.24) is 4.90 Å². The Labute approximate surface area is 173 Å². The third-order valence-electron chi connectivity index (χ3n) is 5.03. The fraction of sp³-hybridized carbons (Fsp3) is 0.333. The van der Waals surface area contributed by atoms with Crippen LogP contribution in [0.1, 0.15) is 42.0 Å². The van der Waals surface area contributed by atoms with Crippen molar-refractivity contribution < 1.29 is 35.9 Å². The van der Waals surface area contributed by atoms with Gasteiger partial charge in [0, 0.05) is 12.2 Å². The summed E-state index contributed by atoms with van der Waals surface area (Å²) >= 11 is 0. The molecule has 1 unspecified atom stereocenters. The SMILES string of the molecule is O=C(Nc1ccc(C(F)(F)F)cc1)C(=O)N1CCCCC1c1cccc(C(F)(F)F)c1. The number of carbonyl (C=O) groups is 2. The lowest BCUT2D eigenvalue weighted by Gasteiger charge is -2.35. The summed E-state index contributed by atoms with van der Waals surface area (Å²) in [6, 6.07) is 7.49. The normalized spacial score (nSPS) is 17.4. The molecule has 2 amide bonds. The first-order chi connectivity index (χ1) is 14.5. The van der Waals surface area contributed by atoms with Gasteiger partial charge in [0.15, 0.2) is 0 Å². The third kappa shape index (κ3) is 5.36. The molecule has 166 valence electrons. The molecule has 1 atom stereocenters. The predicted octanol–water partition coefficient (Wildman–Crippen LogP) is 5.42. The van der Waals surface area contributed by atoms with Crippen molar-refractivity contribution in [2.45, 2.75) is 37.7 Å². The molecule has 1 heterocycles. The first-order valence-corrected chi connectivity index (χ1v) is 9.43. The van der Waals surface area contributed by atoms with E-state index < -0.39 is 41.3 Å². The van der Waals surface area contributed by atoms with Gasteiger partial charge in [-0.3, -0.25) is 9.59 Å². The number of hydrogen-bond donors (Lipinski definition) is 1. The molecular formula is C21H18F6N2O2. The Bertz CT molecular complexity index is 954. The number of rotatable bonds is 2. The van der Waals surface area contributed by atoms with E-state index in [1.54, 1.807) is 0 Å². The summed E-state index contributed by atoms with van der Waals surface area (Å²) in [7, 11) is 0. The van der Waals surface area contributed by atoms with E-state index in [1.807, 2.05) is 0 Å². The molecule has 10 heteroatoms. The molecule has 0 radical (unpaired) electrons. The van der Waals surface area contributed by atoms with Gasteiger partial charge in [0.05, 0.1) is 17.2 Å². The van der Waals surface area contributed by atoms with Gasteiger partial charge >= 0.3 is 24.2 Å². The van der Waals surface area contributed by atoms with Crippen LogP contribution in [-0.2, 0) is 21.9 Å². The smallest absolute Gasteiger partial charge is 0.327 e. The Morgan fingerprint density at radius 3 is 2.13 bits per heavy atom. The summed E-state index contributed by atoms with van der Waals surface area (Å²) in [5.74, 6) is -2.03. The number of amides is 2. The van der Waals surface area contributed by atoms with Crippen molar-refractivity contribution in [3.63, 3.8) is 0 Å². The van der Waals surface area contributed by atoms with E-state index >= 15 is 0 Å². The molecule has 1 N–H and O–H groups in total. The second kappa shape index (κ2) is 8.60. The zero-order valence-corrected chi connectivity index (χ0v) is 16.1. The van der Waals surface area contributed by atoms with Crippen LogP contribution in [0.15, 0.2) is 48.5 Å². The van der Waals surface area contributed by atoms with Crippen LogP contribution in [-0.4, -0.2) is 23.3 Å². The van der Waals surface area contributed by atoms with Gasteiger partial charge in [-0.15, -0.1) is 0 Å². The van der Waals surface area contributed by atoms with Crippen LogP contribution in [0, 0.1) is 0 Å². The van der Waals surface area contributed by atoms with Crippen LogP contribution < -0.4 is 5.32 Å². The van der Waals surface area contributed by atoms with Crippen LogP contribution in [0.25, 0.3) is 0 Å². The molecule has 0 aromatic heterocycles. The summed E-state index contributed by atoms with van der Waals surface area (Å²) < 4.78 is 77.1. The van der Waals surface area contributed by atoms with Gasteiger partial charge in [-0.05, 0) is 61.2 Å². The maximum Gasteiger partial charge on any atom is 0.416 e. The van der Waals surface area contributed by atoms with Crippen molar-refractivity contribution in [1.29, 1.82) is 0 Å². The summed E-state index contributed by atoms with van der Waals surface area (Å²) in [5, 5.41) is 2.25. The van der Waals surface area contributed by atoms with Crippen molar-refractivity contribution in [2.75, 3.05) is 11.9 Å². The molecule has 4 nitrogen and oxygen atoms in total. The number of alkyl halides is 6. The van der Waals surface area contributed by atoms with E-state index in [4.69, 9.17) is 0 Å². The van der Waals surface area contributed by atoms with Gasteiger partial charge in [-0.1, -0.05) is 12.1 Å². The van der Waals surface area contributed by atoms with Gasteiger partial charge in [0.1, 0.15) is 0 Å². The van der Waals surface area contributed by atoms with Gasteiger partial charge in [0.25, 0.3) is 0 Å². The fourth-order valence-corrected chi connectivity index (χ4v) is 3.50. The highest BCUT2D eigenvalue weighted by Crippen LogP contribution is 2.35. The zero-order chi connectivity index (χ0) is 22.8. The van der Waals surface area contributed by atoms with E-state index in [9.17, 15) is 35.9 Å². The number of nitrogens with zero attached hydrogens (tertiary/aromatic N) is 1. The Hall–Kier alpha value is -3.04. The van der Waals surface area contributed by atoms with Crippen LogP contribution in [0.4, 0.5) is 32.0 Å². The molecule has 0 bridgehead atoms. The molecule has 0 aliphatic carbocycles. The minimum absolute atomic E-state index is 0.000946. The molecule has 0 spiro atoms. The topological polar surface area (TPSA) is 49.4 Å². The van der Waals surface area contributed by atoms with Gasteiger partial charge in [-0.25, -0.2) is 0 Å². The monoisotopic (exact) mass is 444 g/mol. The minimum Gasteiger partial charge on any atom is -0.327 e. The van der Waals surface area contributed by atoms with Crippen molar-refractivity contribution in [3.05, 3.63) is 65.2 Å². The van der Waals surface area contributed by atoms with Crippen LogP contribution in [0.3, 0.4) is 0 Å². The number of nitrogens with one attached hydrogen (secondary N) is 1. The first kappa shape index (κ1) is 22.6. The molecule has 1 aliphatic rings. The second-order valence-electron chi connectivity index (χ2n) is 7.16. The van der Waals surface area contributed by atoms with Crippen molar-refractivity contribution in [2.24, 2.45) is 0 Å². The summed E-state index contributed by atoms with van der Waals surface area (Å²) in [4.78, 5) is 26.3. The molecule has 31 heavy (non-hydrogen) atoms. The van der Waals surface area contributed by atoms with E-state index in [0.717, 1.165) is 36.4 Å². The average Bonchev–Trinajstić information content (AvgIpc) is 2.72. The van der Waals surface area contributed by atoms with E-state index in [1.165, 1.54) is 17.0 Å². The lowest BCUT2D eigenvalue weighted by Crippen LogP contribution is -2.44. The lowest BCUT2D eigenvalue weighted by molar-refractivity contribution is -0.146. The number of piperidine rings is 1. The van der Waals surface area contributed by atoms with Crippen LogP contribution in [0.2, 0.25) is 0 Å². The fourth-order valence-electron chi connectivity index (χ4n) is 3.50. The number of carbonyl (C=O) groups excluding carboxylic acids is 2. The Balaban J connectivity index is 1.76. The maximum absolute atomic E-state index is 13.0. The average molecular weight is 444 g/mol. The largest absolute Gasteiger partial charge is 0.416 e. The third-order valence-corrected chi connectivity index (χ3v) is 5.03. The molecular weight excluding hydrogens is 426 g/mol. The summed E-state index contributed by atoms with van der Waals surface area (Å²) in [6.07, 6.45) is -7.44. The second-order valence-corrected chi connectivity index (χ2v) is 7.16. The minimum atomic E-state index is -4.54. The summed E-state index contributed by atoms with van der Waals surface area (Å²) in [5.41, 5.74) is -1.49. The van der Waals surface area contributed by atoms with Crippen LogP contribution in [0.5, 0.6) is 0 Å². The quantitative estimate of drug-likeness (QED) is 0.497. The highest BCUT2D eigenvalue weighted by molar-refractivity contribution is 6.39. The highest BCUT2D eigenvalue weighted by Gasteiger charge is 2.35. The zero-order valence-electron chi connectivity index (χ0n) is 16.1. The number of likely N-dealkylation sites (tertiary alicyclic amines) is 1. The summed E-state index contributed by atoms with van der Waals surface area (Å²) in [6.45, 7) is 0.181. The van der Waals surface area contributed by atoms with Crippen molar-refractivity contribution >= 4 is 17.5 Å². The van der Waals surface area contributed by atoms with Crippen molar-refractivity contribution in [3.8, 4) is 0 Å². The number of anilines is 1. The maximum atomic E-state index is 13.0. The molecule has 0 saturated carbocycles. The molecule has 3 rings (SSSR count). The van der Waals surface area contributed by atoms with E-state index in [2.05, 4.69) is 5.32 Å². The molecule has 1 aliphatic heterocycles. The molecule has 2 aromatic carbocycles. The Morgan fingerprint density at radius 1 is 0.871 bits per heavy atom. The molecule has 1 saturated heterocycles. The highest BCUT2D eigenvalue weighted by atomic mass is 19.4. The lowest BCUT2D eigenvalue weighted by atomic mass is 9.94. The van der Waals surface area contributed by atoms with E-state index in [0.29, 0.717) is 19.3 Å². The number of halogens is 6. The van der Waals surface area contributed by atoms with E-state index in [-0.39, 0.29) is 17.8 Å². The number of benzene rings is 2. The predicted molar refractivity (Wildman–Crippen MR) is 99.8 cm³/mol. The van der Waals surface area contributed by atoms with Gasteiger partial charge in [0.2, 0.25) is 0 Å². The van der Waals surface area contributed by atoms with Crippen LogP contribution >= 0.6 is 0 Å². The first-order valence-electron chi connectivity index (χ1n) is 9.43. The number of hydrogen-bond acceptors (Lipinski definition) is 2. The van der Waals surface area contributed by atoms with Gasteiger partial charge < -0.3 is 10.2 Å². The Morgan fingerprint density at radius 2 is 1.52 bits per heavy atom. The standard InChI is InChI=1S/C21H18F6N2O2/c22-20(23,24)14-7-9-16(10-8-14)28-18(30)19(31)29-11-2-1-6-17(29)13-4-3-5-15(12-13)21(25,26)27/h3-5,7-10,12,17H,1-2,6,11H2,(H,28,30). The Kier molecular flexibility index (Phi) is 6.28. The van der Waals surface area contributed by atoms with Gasteiger partial charge in [-0.2, -0.15) is 26.3 Å². The molecule has 1 fully saturated rings.